The maximum atomic E-state index is 12.5. The number of phenolic OH excluding ortho intramolecular Hbond substituents is 1. The van der Waals surface area contributed by atoms with Crippen LogP contribution in [0.15, 0.2) is 71.2 Å². The van der Waals surface area contributed by atoms with E-state index in [0.29, 0.717) is 22.2 Å². The number of rotatable bonds is 4. The van der Waals surface area contributed by atoms with Gasteiger partial charge in [-0.2, -0.15) is 0 Å². The van der Waals surface area contributed by atoms with Crippen LogP contribution in [0.3, 0.4) is 0 Å². The maximum absolute atomic E-state index is 12.5. The van der Waals surface area contributed by atoms with Gasteiger partial charge in [-0.1, -0.05) is 75.0 Å². The predicted octanol–water partition coefficient (Wildman–Crippen LogP) is 8.31. The molecule has 156 valence electrons. The molecule has 4 aromatic rings. The zero-order valence-corrected chi connectivity index (χ0v) is 19.5. The van der Waals surface area contributed by atoms with Crippen molar-refractivity contribution >= 4 is 73.1 Å². The van der Waals surface area contributed by atoms with Crippen LogP contribution in [0.2, 0.25) is 15.1 Å². The van der Waals surface area contributed by atoms with Gasteiger partial charge in [0.15, 0.2) is 0 Å². The zero-order valence-electron chi connectivity index (χ0n) is 15.6. The Hall–Kier alpha value is -2.44. The van der Waals surface area contributed by atoms with E-state index in [0.717, 1.165) is 15.2 Å². The summed E-state index contributed by atoms with van der Waals surface area (Å²) in [7, 11) is 0. The van der Waals surface area contributed by atoms with Crippen molar-refractivity contribution in [3.63, 3.8) is 0 Å². The first-order chi connectivity index (χ1) is 14.8. The van der Waals surface area contributed by atoms with E-state index in [4.69, 9.17) is 39.5 Å². The van der Waals surface area contributed by atoms with E-state index in [1.54, 1.807) is 18.2 Å². The lowest BCUT2D eigenvalue weighted by molar-refractivity contribution is 0.102. The molecule has 0 saturated heterocycles. The summed E-state index contributed by atoms with van der Waals surface area (Å²) in [5.41, 5.74) is 0.369. The molecule has 0 aliphatic carbocycles. The van der Waals surface area contributed by atoms with Crippen LogP contribution in [0.4, 0.5) is 5.69 Å². The summed E-state index contributed by atoms with van der Waals surface area (Å²) in [6.45, 7) is 0. The smallest absolute Gasteiger partial charge is 0.259 e. The molecule has 8 heteroatoms. The number of nitrogens with one attached hydrogen (secondary N) is 1. The van der Waals surface area contributed by atoms with Gasteiger partial charge in [0, 0.05) is 20.6 Å². The number of ether oxygens (including phenoxy) is 1. The number of hydrogen-bond acceptors (Lipinski definition) is 3. The number of halogens is 4. The summed E-state index contributed by atoms with van der Waals surface area (Å²) in [6.07, 6.45) is 0. The maximum Gasteiger partial charge on any atom is 0.259 e. The van der Waals surface area contributed by atoms with Gasteiger partial charge in [0.2, 0.25) is 0 Å². The summed E-state index contributed by atoms with van der Waals surface area (Å²) in [6, 6.07) is 19.1. The van der Waals surface area contributed by atoms with E-state index in [-0.39, 0.29) is 21.4 Å². The summed E-state index contributed by atoms with van der Waals surface area (Å²) in [5, 5.41) is 15.2. The number of amides is 1. The van der Waals surface area contributed by atoms with Crippen molar-refractivity contribution in [3.8, 4) is 17.2 Å². The molecule has 0 bridgehead atoms. The number of hydrogen-bond donors (Lipinski definition) is 2. The molecular weight excluding hydrogens is 525 g/mol. The first kappa shape index (κ1) is 21.8. The number of phenols is 1. The van der Waals surface area contributed by atoms with Gasteiger partial charge in [-0.25, -0.2) is 0 Å². The normalized spacial score (nSPS) is 10.8. The highest BCUT2D eigenvalue weighted by atomic mass is 79.9. The molecule has 4 nitrogen and oxygen atoms in total. The molecule has 1 amide bonds. The molecule has 0 spiro atoms. The van der Waals surface area contributed by atoms with Crippen LogP contribution in [-0.4, -0.2) is 11.0 Å². The van der Waals surface area contributed by atoms with Gasteiger partial charge in [-0.05, 0) is 47.9 Å². The van der Waals surface area contributed by atoms with Crippen molar-refractivity contribution in [2.75, 3.05) is 5.32 Å². The molecule has 0 aromatic heterocycles. The molecule has 0 radical (unpaired) electrons. The Labute approximate surface area is 201 Å². The lowest BCUT2D eigenvalue weighted by Crippen LogP contribution is -2.12. The second kappa shape index (κ2) is 8.97. The van der Waals surface area contributed by atoms with E-state index in [2.05, 4.69) is 21.2 Å². The number of aromatic hydroxyl groups is 1. The molecule has 0 fully saturated rings. The lowest BCUT2D eigenvalue weighted by atomic mass is 10.1. The third-order valence-corrected chi connectivity index (χ3v) is 6.01. The fourth-order valence-corrected chi connectivity index (χ4v) is 4.23. The van der Waals surface area contributed by atoms with Crippen molar-refractivity contribution in [3.05, 3.63) is 91.8 Å². The Morgan fingerprint density at radius 1 is 0.871 bits per heavy atom. The highest BCUT2D eigenvalue weighted by molar-refractivity contribution is 9.10. The van der Waals surface area contributed by atoms with Gasteiger partial charge in [0.25, 0.3) is 5.91 Å². The van der Waals surface area contributed by atoms with Gasteiger partial charge in [0.05, 0.1) is 15.6 Å². The second-order valence-electron chi connectivity index (χ2n) is 6.58. The average Bonchev–Trinajstić information content (AvgIpc) is 2.74. The SMILES string of the molecule is O=C(Nc1ccc(Oc2ccc(Br)c3ccccc23)c(Cl)c1)c1cc(Cl)cc(Cl)c1O. The summed E-state index contributed by atoms with van der Waals surface area (Å²) in [4.78, 5) is 12.5. The molecule has 0 aliphatic rings. The van der Waals surface area contributed by atoms with Crippen LogP contribution in [0.5, 0.6) is 17.2 Å². The number of anilines is 1. The Bertz CT molecular complexity index is 1330. The fraction of sp³-hybridized carbons (Fsp3) is 0. The van der Waals surface area contributed by atoms with Crippen LogP contribution < -0.4 is 10.1 Å². The first-order valence-corrected chi connectivity index (χ1v) is 10.9. The van der Waals surface area contributed by atoms with Crippen molar-refractivity contribution in [1.82, 2.24) is 0 Å². The fourth-order valence-electron chi connectivity index (χ4n) is 3.04. The second-order valence-corrected chi connectivity index (χ2v) is 8.68. The standard InChI is InChI=1S/C23H13BrCl3NO3/c24-17-6-8-20(15-4-2-1-3-14(15)17)31-21-7-5-13(11-18(21)26)28-23(30)16-9-12(25)10-19(27)22(16)29/h1-11,29H,(H,28,30). The van der Waals surface area contributed by atoms with Gasteiger partial charge in [0.1, 0.15) is 17.2 Å². The molecule has 31 heavy (non-hydrogen) atoms. The van der Waals surface area contributed by atoms with Gasteiger partial charge < -0.3 is 15.2 Å². The minimum absolute atomic E-state index is 0.0128. The van der Waals surface area contributed by atoms with E-state index in [1.807, 2.05) is 36.4 Å². The number of carbonyl (C=O) groups excluding carboxylic acids is 1. The Morgan fingerprint density at radius 3 is 2.32 bits per heavy atom. The molecule has 4 aromatic carbocycles. The lowest BCUT2D eigenvalue weighted by Gasteiger charge is -2.13. The number of carbonyl (C=O) groups is 1. The van der Waals surface area contributed by atoms with E-state index < -0.39 is 5.91 Å². The Morgan fingerprint density at radius 2 is 1.58 bits per heavy atom. The van der Waals surface area contributed by atoms with Gasteiger partial charge in [-0.3, -0.25) is 4.79 Å². The topological polar surface area (TPSA) is 58.6 Å². The van der Waals surface area contributed by atoms with Crippen LogP contribution in [-0.2, 0) is 0 Å². The molecule has 2 N–H and O–H groups in total. The number of benzene rings is 4. The van der Waals surface area contributed by atoms with Crippen molar-refractivity contribution in [1.29, 1.82) is 0 Å². The predicted molar refractivity (Wildman–Crippen MR) is 129 cm³/mol. The third kappa shape index (κ3) is 4.60. The zero-order chi connectivity index (χ0) is 22.1. The molecular formula is C23H13BrCl3NO3. The number of fused-ring (bicyclic) bond motifs is 1. The molecule has 0 unspecified atom stereocenters. The van der Waals surface area contributed by atoms with Gasteiger partial charge in [-0.15, -0.1) is 0 Å². The summed E-state index contributed by atoms with van der Waals surface area (Å²) in [5.74, 6) is 0.152. The molecule has 0 heterocycles. The third-order valence-electron chi connectivity index (χ3n) is 4.51. The van der Waals surface area contributed by atoms with E-state index in [1.165, 1.54) is 12.1 Å². The van der Waals surface area contributed by atoms with Crippen LogP contribution in [0, 0.1) is 0 Å². The van der Waals surface area contributed by atoms with Crippen molar-refractivity contribution < 1.29 is 14.6 Å². The van der Waals surface area contributed by atoms with Crippen LogP contribution in [0.25, 0.3) is 10.8 Å². The van der Waals surface area contributed by atoms with Crippen LogP contribution in [0.1, 0.15) is 10.4 Å². The van der Waals surface area contributed by atoms with Crippen LogP contribution >= 0.6 is 50.7 Å². The minimum Gasteiger partial charge on any atom is -0.506 e. The first-order valence-electron chi connectivity index (χ1n) is 8.97. The monoisotopic (exact) mass is 535 g/mol. The highest BCUT2D eigenvalue weighted by Crippen LogP contribution is 2.38. The molecule has 0 aliphatic heterocycles. The average molecular weight is 538 g/mol. The van der Waals surface area contributed by atoms with Crippen molar-refractivity contribution in [2.45, 2.75) is 0 Å². The summed E-state index contributed by atoms with van der Waals surface area (Å²) >= 11 is 21.7. The van der Waals surface area contributed by atoms with Crippen molar-refractivity contribution in [2.24, 2.45) is 0 Å². The minimum atomic E-state index is -0.578. The Kier molecular flexibility index (Phi) is 6.30. The largest absolute Gasteiger partial charge is 0.506 e. The molecule has 0 atom stereocenters. The quantitative estimate of drug-likeness (QED) is 0.275. The van der Waals surface area contributed by atoms with Gasteiger partial charge >= 0.3 is 0 Å². The highest BCUT2D eigenvalue weighted by Gasteiger charge is 2.16. The molecule has 0 saturated carbocycles. The molecule has 4 rings (SSSR count). The summed E-state index contributed by atoms with van der Waals surface area (Å²) < 4.78 is 6.99. The Balaban J connectivity index is 1.58. The van der Waals surface area contributed by atoms with E-state index in [9.17, 15) is 9.90 Å². The van der Waals surface area contributed by atoms with E-state index >= 15 is 0 Å².